The number of rotatable bonds is 5. The molecule has 0 saturated carbocycles. The normalized spacial score (nSPS) is 14.9. The molecule has 22 heavy (non-hydrogen) atoms. The van der Waals surface area contributed by atoms with Crippen molar-refractivity contribution in [2.45, 2.75) is 44.9 Å². The Morgan fingerprint density at radius 2 is 1.77 bits per heavy atom. The lowest BCUT2D eigenvalue weighted by atomic mass is 10.0. The van der Waals surface area contributed by atoms with Crippen LogP contribution in [0.2, 0.25) is 0 Å². The lowest BCUT2D eigenvalue weighted by molar-refractivity contribution is -0.385. The third kappa shape index (κ3) is 4.26. The zero-order chi connectivity index (χ0) is 17.2. The topological polar surface area (TPSA) is 72.2 Å². The third-order valence-corrected chi connectivity index (χ3v) is 4.55. The zero-order valence-electron chi connectivity index (χ0n) is 12.5. The van der Waals surface area contributed by atoms with Gasteiger partial charge in [0.15, 0.2) is 0 Å². The van der Waals surface area contributed by atoms with Crippen LogP contribution in [-0.4, -0.2) is 13.9 Å². The highest BCUT2D eigenvalue weighted by Gasteiger charge is 2.27. The predicted molar refractivity (Wildman–Crippen MR) is 77.5 cm³/mol. The summed E-state index contributed by atoms with van der Waals surface area (Å²) in [6, 6.07) is 0.452. The fourth-order valence-corrected chi connectivity index (χ4v) is 2.44. The second-order valence-corrected chi connectivity index (χ2v) is 7.71. The molecule has 1 aromatic carbocycles. The molecule has 0 aliphatic rings. The average molecular weight is 338 g/mol. The minimum Gasteiger partial charge on any atom is -0.258 e. The molecule has 0 unspecified atom stereocenters. The standard InChI is InChI=1S/C13H17F3N2O3S/c1-7(17-22(21)13(2,3)4)9-5-8(18(19)20)6-10(11(9)14)12(15)16/h5-7,12,17H,1-4H3/t7-,22-/m1/s1. The number of halogens is 3. The maximum absolute atomic E-state index is 14.1. The zero-order valence-corrected chi connectivity index (χ0v) is 13.3. The number of nitrogens with zero attached hydrogens (tertiary/aromatic N) is 1. The molecular weight excluding hydrogens is 321 g/mol. The van der Waals surface area contributed by atoms with Crippen LogP contribution in [0.25, 0.3) is 0 Å². The number of nitro groups is 1. The Hall–Kier alpha value is -1.48. The van der Waals surface area contributed by atoms with E-state index in [4.69, 9.17) is 0 Å². The molecule has 0 fully saturated rings. The van der Waals surface area contributed by atoms with E-state index in [0.29, 0.717) is 6.07 Å². The first kappa shape index (κ1) is 18.6. The Labute approximate surface area is 128 Å². The van der Waals surface area contributed by atoms with Gasteiger partial charge in [-0.25, -0.2) is 22.1 Å². The largest absolute Gasteiger partial charge is 0.270 e. The van der Waals surface area contributed by atoms with E-state index in [1.54, 1.807) is 20.8 Å². The highest BCUT2D eigenvalue weighted by Crippen LogP contribution is 2.32. The highest BCUT2D eigenvalue weighted by molar-refractivity contribution is 7.84. The second kappa shape index (κ2) is 6.74. The smallest absolute Gasteiger partial charge is 0.258 e. The number of hydrogen-bond acceptors (Lipinski definition) is 3. The van der Waals surface area contributed by atoms with Crippen LogP contribution in [0.1, 0.15) is 51.3 Å². The summed E-state index contributed by atoms with van der Waals surface area (Å²) >= 11 is 0. The van der Waals surface area contributed by atoms with Gasteiger partial charge in [0.25, 0.3) is 12.1 Å². The summed E-state index contributed by atoms with van der Waals surface area (Å²) in [6.07, 6.45) is -3.18. The summed E-state index contributed by atoms with van der Waals surface area (Å²) in [7, 11) is -1.58. The molecule has 2 atom stereocenters. The Morgan fingerprint density at radius 1 is 1.27 bits per heavy atom. The predicted octanol–water partition coefficient (Wildman–Crippen LogP) is 3.78. The first-order chi connectivity index (χ1) is 9.95. The van der Waals surface area contributed by atoms with Crippen LogP contribution in [0.5, 0.6) is 0 Å². The Balaban J connectivity index is 3.28. The molecule has 0 aliphatic carbocycles. The number of benzene rings is 1. The maximum Gasteiger partial charge on any atom is 0.270 e. The van der Waals surface area contributed by atoms with Gasteiger partial charge in [0, 0.05) is 23.7 Å². The second-order valence-electron chi connectivity index (χ2n) is 5.72. The van der Waals surface area contributed by atoms with E-state index < -0.39 is 50.2 Å². The van der Waals surface area contributed by atoms with Gasteiger partial charge < -0.3 is 0 Å². The van der Waals surface area contributed by atoms with Crippen molar-refractivity contribution in [3.63, 3.8) is 0 Å². The van der Waals surface area contributed by atoms with E-state index in [-0.39, 0.29) is 5.56 Å². The van der Waals surface area contributed by atoms with Crippen LogP contribution in [0.15, 0.2) is 12.1 Å². The summed E-state index contributed by atoms with van der Waals surface area (Å²) in [5, 5.41) is 10.8. The van der Waals surface area contributed by atoms with Crippen molar-refractivity contribution < 1.29 is 22.3 Å². The van der Waals surface area contributed by atoms with E-state index in [1.165, 1.54) is 6.92 Å². The molecule has 9 heteroatoms. The number of alkyl halides is 2. The number of non-ortho nitro benzene ring substituents is 1. The summed E-state index contributed by atoms with van der Waals surface area (Å²) in [4.78, 5) is 9.93. The third-order valence-electron chi connectivity index (χ3n) is 2.87. The average Bonchev–Trinajstić information content (AvgIpc) is 2.36. The molecule has 0 aliphatic heterocycles. The maximum atomic E-state index is 14.1. The van der Waals surface area contributed by atoms with E-state index in [9.17, 15) is 27.5 Å². The van der Waals surface area contributed by atoms with Crippen LogP contribution < -0.4 is 4.72 Å². The summed E-state index contributed by atoms with van der Waals surface area (Å²) < 4.78 is 53.7. The van der Waals surface area contributed by atoms with Crippen molar-refractivity contribution in [3.8, 4) is 0 Å². The fraction of sp³-hybridized carbons (Fsp3) is 0.538. The monoisotopic (exact) mass is 338 g/mol. The molecule has 0 radical (unpaired) electrons. The van der Waals surface area contributed by atoms with E-state index in [2.05, 4.69) is 4.72 Å². The highest BCUT2D eigenvalue weighted by atomic mass is 32.2. The van der Waals surface area contributed by atoms with Gasteiger partial charge in [-0.05, 0) is 27.7 Å². The molecule has 0 amide bonds. The molecule has 0 saturated heterocycles. The molecule has 124 valence electrons. The fourth-order valence-electron chi connectivity index (χ4n) is 1.63. The van der Waals surface area contributed by atoms with Gasteiger partial charge in [0.1, 0.15) is 5.82 Å². The van der Waals surface area contributed by atoms with Gasteiger partial charge in [0.2, 0.25) is 0 Å². The molecule has 1 aromatic rings. The molecule has 0 aromatic heterocycles. The van der Waals surface area contributed by atoms with Crippen LogP contribution in [0.3, 0.4) is 0 Å². The number of hydrogen-bond donors (Lipinski definition) is 1. The lowest BCUT2D eigenvalue weighted by Crippen LogP contribution is -2.35. The summed E-state index contributed by atoms with van der Waals surface area (Å²) in [6.45, 7) is 6.44. The lowest BCUT2D eigenvalue weighted by Gasteiger charge is -2.22. The first-order valence-corrected chi connectivity index (χ1v) is 7.54. The van der Waals surface area contributed by atoms with Gasteiger partial charge in [-0.3, -0.25) is 10.1 Å². The molecule has 1 rings (SSSR count). The first-order valence-electron chi connectivity index (χ1n) is 6.39. The van der Waals surface area contributed by atoms with E-state index in [1.807, 2.05) is 0 Å². The van der Waals surface area contributed by atoms with Crippen LogP contribution in [-0.2, 0) is 11.0 Å². The molecular formula is C13H17F3N2O3S. The Bertz CT molecular complexity index is 603. The molecule has 5 nitrogen and oxygen atoms in total. The summed E-state index contributed by atoms with van der Waals surface area (Å²) in [5.74, 6) is -1.23. The van der Waals surface area contributed by atoms with Crippen molar-refractivity contribution in [1.29, 1.82) is 0 Å². The number of nitrogens with one attached hydrogen (secondary N) is 1. The van der Waals surface area contributed by atoms with Crippen molar-refractivity contribution in [2.75, 3.05) is 0 Å². The SMILES string of the molecule is C[C@@H](N[S@](=O)C(C)(C)C)c1cc([N+](=O)[O-])cc(C(F)F)c1F. The Kier molecular flexibility index (Phi) is 5.69. The van der Waals surface area contributed by atoms with Gasteiger partial charge >= 0.3 is 0 Å². The molecule has 0 spiro atoms. The quantitative estimate of drug-likeness (QED) is 0.656. The van der Waals surface area contributed by atoms with Crippen LogP contribution in [0, 0.1) is 15.9 Å². The molecule has 1 N–H and O–H groups in total. The van der Waals surface area contributed by atoms with Gasteiger partial charge in [-0.2, -0.15) is 0 Å². The molecule has 0 heterocycles. The minimum atomic E-state index is -3.18. The summed E-state index contributed by atoms with van der Waals surface area (Å²) in [5.41, 5.74) is -2.00. The van der Waals surface area contributed by atoms with Gasteiger partial charge in [-0.1, -0.05) is 0 Å². The van der Waals surface area contributed by atoms with Gasteiger partial charge in [-0.15, -0.1) is 0 Å². The number of nitro benzene ring substituents is 1. The van der Waals surface area contributed by atoms with Crippen molar-refractivity contribution in [1.82, 2.24) is 4.72 Å². The minimum absolute atomic E-state index is 0.317. The van der Waals surface area contributed by atoms with Crippen molar-refractivity contribution >= 4 is 16.7 Å². The van der Waals surface area contributed by atoms with E-state index in [0.717, 1.165) is 6.07 Å². The van der Waals surface area contributed by atoms with Gasteiger partial charge in [0.05, 0.1) is 26.2 Å². The van der Waals surface area contributed by atoms with Crippen LogP contribution in [0.4, 0.5) is 18.9 Å². The van der Waals surface area contributed by atoms with E-state index >= 15 is 0 Å². The van der Waals surface area contributed by atoms with Crippen molar-refractivity contribution in [3.05, 3.63) is 39.2 Å². The molecule has 0 bridgehead atoms. The van der Waals surface area contributed by atoms with Crippen molar-refractivity contribution in [2.24, 2.45) is 0 Å². The van der Waals surface area contributed by atoms with Crippen LogP contribution >= 0.6 is 0 Å². The Morgan fingerprint density at radius 3 is 2.18 bits per heavy atom.